The molecule has 1 unspecified atom stereocenters. The minimum Gasteiger partial charge on any atom is -0.320 e. The van der Waals surface area contributed by atoms with Crippen molar-refractivity contribution < 1.29 is 0 Å². The Bertz CT molecular complexity index is 606. The first-order valence-corrected chi connectivity index (χ1v) is 7.33. The fourth-order valence-corrected chi connectivity index (χ4v) is 2.88. The summed E-state index contributed by atoms with van der Waals surface area (Å²) in [4.78, 5) is 2.90. The number of hydrogen-bond donors (Lipinski definition) is 1. The number of aromatic nitrogens is 3. The van der Waals surface area contributed by atoms with E-state index in [2.05, 4.69) is 17.0 Å². The SMILES string of the molecule is CCCC(Cn1nc[nH]c1=S)c1ccc(Cl)cc1Cl. The Kier molecular flexibility index (Phi) is 5.02. The van der Waals surface area contributed by atoms with Gasteiger partial charge in [-0.1, -0.05) is 42.6 Å². The summed E-state index contributed by atoms with van der Waals surface area (Å²) in [6.07, 6.45) is 3.70. The molecule has 6 heteroatoms. The molecule has 3 nitrogen and oxygen atoms in total. The number of nitrogens with zero attached hydrogens (tertiary/aromatic N) is 2. The first-order chi connectivity index (χ1) is 9.11. The van der Waals surface area contributed by atoms with Crippen molar-refractivity contribution in [1.82, 2.24) is 14.8 Å². The molecule has 19 heavy (non-hydrogen) atoms. The van der Waals surface area contributed by atoms with Gasteiger partial charge in [-0.05, 0) is 36.3 Å². The van der Waals surface area contributed by atoms with Crippen molar-refractivity contribution in [3.8, 4) is 0 Å². The van der Waals surface area contributed by atoms with Gasteiger partial charge in [0.2, 0.25) is 0 Å². The zero-order chi connectivity index (χ0) is 13.8. The average Bonchev–Trinajstić information content (AvgIpc) is 2.75. The van der Waals surface area contributed by atoms with Crippen LogP contribution in [0, 0.1) is 4.77 Å². The largest absolute Gasteiger partial charge is 0.320 e. The molecule has 0 fully saturated rings. The van der Waals surface area contributed by atoms with Crippen molar-refractivity contribution in [2.24, 2.45) is 0 Å². The van der Waals surface area contributed by atoms with Gasteiger partial charge < -0.3 is 4.98 Å². The molecule has 1 aromatic heterocycles. The highest BCUT2D eigenvalue weighted by Gasteiger charge is 2.16. The fraction of sp³-hybridized carbons (Fsp3) is 0.385. The minimum absolute atomic E-state index is 0.282. The van der Waals surface area contributed by atoms with E-state index in [0.717, 1.165) is 24.9 Å². The Morgan fingerprint density at radius 2 is 2.21 bits per heavy atom. The molecule has 0 aliphatic carbocycles. The van der Waals surface area contributed by atoms with E-state index in [9.17, 15) is 0 Å². The number of benzene rings is 1. The Hall–Kier alpha value is -0.840. The summed E-state index contributed by atoms with van der Waals surface area (Å²) in [5.74, 6) is 0.282. The van der Waals surface area contributed by atoms with E-state index >= 15 is 0 Å². The second-order valence-electron chi connectivity index (χ2n) is 4.43. The van der Waals surface area contributed by atoms with Crippen LogP contribution in [0.2, 0.25) is 10.0 Å². The summed E-state index contributed by atoms with van der Waals surface area (Å²) in [5.41, 5.74) is 1.10. The summed E-state index contributed by atoms with van der Waals surface area (Å²) in [6, 6.07) is 5.64. The summed E-state index contributed by atoms with van der Waals surface area (Å²) >= 11 is 17.4. The lowest BCUT2D eigenvalue weighted by molar-refractivity contribution is 0.480. The van der Waals surface area contributed by atoms with E-state index in [1.165, 1.54) is 0 Å². The highest BCUT2D eigenvalue weighted by atomic mass is 35.5. The molecule has 0 saturated heterocycles. The number of aromatic amines is 1. The second-order valence-corrected chi connectivity index (χ2v) is 5.66. The van der Waals surface area contributed by atoms with E-state index in [-0.39, 0.29) is 5.92 Å². The molecule has 1 aromatic carbocycles. The van der Waals surface area contributed by atoms with Gasteiger partial charge in [0.15, 0.2) is 4.77 Å². The van der Waals surface area contributed by atoms with Crippen LogP contribution in [0.3, 0.4) is 0 Å². The molecule has 0 spiro atoms. The van der Waals surface area contributed by atoms with Crippen LogP contribution < -0.4 is 0 Å². The van der Waals surface area contributed by atoms with Gasteiger partial charge in [-0.3, -0.25) is 0 Å². The molecule has 1 N–H and O–H groups in total. The predicted molar refractivity (Wildman–Crippen MR) is 81.5 cm³/mol. The van der Waals surface area contributed by atoms with Crippen LogP contribution in [0.4, 0.5) is 0 Å². The van der Waals surface area contributed by atoms with Crippen LogP contribution in [0.25, 0.3) is 0 Å². The number of rotatable bonds is 5. The van der Waals surface area contributed by atoms with Crippen molar-refractivity contribution in [3.05, 3.63) is 44.9 Å². The molecular formula is C13H15Cl2N3S. The van der Waals surface area contributed by atoms with Gasteiger partial charge in [0.1, 0.15) is 6.33 Å². The summed E-state index contributed by atoms with van der Waals surface area (Å²) < 4.78 is 2.42. The Labute approximate surface area is 127 Å². The highest BCUT2D eigenvalue weighted by Crippen LogP contribution is 2.31. The van der Waals surface area contributed by atoms with Crippen molar-refractivity contribution in [2.45, 2.75) is 32.2 Å². The Morgan fingerprint density at radius 1 is 1.42 bits per heavy atom. The van der Waals surface area contributed by atoms with E-state index in [1.807, 2.05) is 12.1 Å². The number of halogens is 2. The van der Waals surface area contributed by atoms with Gasteiger partial charge in [-0.15, -0.1) is 0 Å². The monoisotopic (exact) mass is 315 g/mol. The van der Waals surface area contributed by atoms with E-state index in [0.29, 0.717) is 14.8 Å². The lowest BCUT2D eigenvalue weighted by atomic mass is 9.94. The average molecular weight is 316 g/mol. The maximum absolute atomic E-state index is 6.29. The van der Waals surface area contributed by atoms with E-state index in [4.69, 9.17) is 35.4 Å². The van der Waals surface area contributed by atoms with E-state index in [1.54, 1.807) is 17.1 Å². The molecule has 0 amide bonds. The van der Waals surface area contributed by atoms with Crippen LogP contribution in [0.1, 0.15) is 31.2 Å². The van der Waals surface area contributed by atoms with Gasteiger partial charge in [0.05, 0.1) is 6.54 Å². The zero-order valence-electron chi connectivity index (χ0n) is 10.6. The molecule has 0 aliphatic heterocycles. The normalized spacial score (nSPS) is 12.6. The van der Waals surface area contributed by atoms with Gasteiger partial charge in [0.25, 0.3) is 0 Å². The van der Waals surface area contributed by atoms with Crippen LogP contribution in [0.5, 0.6) is 0 Å². The quantitative estimate of drug-likeness (QED) is 0.802. The van der Waals surface area contributed by atoms with Gasteiger partial charge in [-0.25, -0.2) is 4.68 Å². The minimum atomic E-state index is 0.282. The van der Waals surface area contributed by atoms with Crippen LogP contribution in [0.15, 0.2) is 24.5 Å². The molecule has 2 aromatic rings. The van der Waals surface area contributed by atoms with Gasteiger partial charge in [0, 0.05) is 16.0 Å². The lowest BCUT2D eigenvalue weighted by Crippen LogP contribution is -2.11. The molecule has 0 saturated carbocycles. The molecule has 0 radical (unpaired) electrons. The molecule has 0 aliphatic rings. The van der Waals surface area contributed by atoms with Crippen LogP contribution in [-0.4, -0.2) is 14.8 Å². The maximum atomic E-state index is 6.29. The smallest absolute Gasteiger partial charge is 0.194 e. The van der Waals surface area contributed by atoms with Crippen molar-refractivity contribution >= 4 is 35.4 Å². The topological polar surface area (TPSA) is 33.6 Å². The van der Waals surface area contributed by atoms with E-state index < -0.39 is 0 Å². The number of hydrogen-bond acceptors (Lipinski definition) is 2. The third-order valence-electron chi connectivity index (χ3n) is 3.05. The third kappa shape index (κ3) is 3.59. The first-order valence-electron chi connectivity index (χ1n) is 6.17. The highest BCUT2D eigenvalue weighted by molar-refractivity contribution is 7.71. The lowest BCUT2D eigenvalue weighted by Gasteiger charge is -2.18. The summed E-state index contributed by atoms with van der Waals surface area (Å²) in [5, 5.41) is 5.55. The van der Waals surface area contributed by atoms with Crippen molar-refractivity contribution in [2.75, 3.05) is 0 Å². The molecule has 1 heterocycles. The standard InChI is InChI=1S/C13H15Cl2N3S/c1-2-3-9(7-18-13(19)16-8-17-18)11-5-4-10(14)6-12(11)15/h4-6,8-9H,2-3,7H2,1H3,(H,16,17,19). The number of H-pyrrole nitrogens is 1. The van der Waals surface area contributed by atoms with Crippen molar-refractivity contribution in [1.29, 1.82) is 0 Å². The predicted octanol–water partition coefficient (Wildman–Crippen LogP) is 4.83. The number of nitrogens with one attached hydrogen (secondary N) is 1. The summed E-state index contributed by atoms with van der Waals surface area (Å²) in [7, 11) is 0. The van der Waals surface area contributed by atoms with Crippen LogP contribution in [-0.2, 0) is 6.54 Å². The molecule has 102 valence electrons. The zero-order valence-corrected chi connectivity index (χ0v) is 12.9. The van der Waals surface area contributed by atoms with Crippen molar-refractivity contribution in [3.63, 3.8) is 0 Å². The molecule has 0 bridgehead atoms. The van der Waals surface area contributed by atoms with Crippen LogP contribution >= 0.6 is 35.4 Å². The van der Waals surface area contributed by atoms with Gasteiger partial charge in [-0.2, -0.15) is 5.10 Å². The second kappa shape index (κ2) is 6.55. The molecule has 2 rings (SSSR count). The Morgan fingerprint density at radius 3 is 2.79 bits per heavy atom. The maximum Gasteiger partial charge on any atom is 0.194 e. The molecule has 1 atom stereocenters. The Balaban J connectivity index is 2.29. The summed E-state index contributed by atoms with van der Waals surface area (Å²) in [6.45, 7) is 2.87. The fourth-order valence-electron chi connectivity index (χ4n) is 2.15. The van der Waals surface area contributed by atoms with Gasteiger partial charge >= 0.3 is 0 Å². The third-order valence-corrected chi connectivity index (χ3v) is 3.94. The first kappa shape index (κ1) is 14.6. The molecular weight excluding hydrogens is 301 g/mol.